The van der Waals surface area contributed by atoms with Crippen molar-refractivity contribution in [3.05, 3.63) is 46.6 Å². The molecule has 2 rings (SSSR count). The fraction of sp³-hybridized carbons (Fsp3) is 0.231. The lowest BCUT2D eigenvalue weighted by Gasteiger charge is -2.07. The lowest BCUT2D eigenvalue weighted by Crippen LogP contribution is -2.25. The van der Waals surface area contributed by atoms with Crippen molar-refractivity contribution in [1.29, 1.82) is 0 Å². The second-order valence-corrected chi connectivity index (χ2v) is 4.46. The zero-order chi connectivity index (χ0) is 14.5. The third-order valence-electron chi connectivity index (χ3n) is 2.58. The van der Waals surface area contributed by atoms with Gasteiger partial charge in [-0.15, -0.1) is 0 Å². The average molecular weight is 292 g/mol. The van der Waals surface area contributed by atoms with Gasteiger partial charge in [0, 0.05) is 13.2 Å². The van der Waals surface area contributed by atoms with Gasteiger partial charge in [0.15, 0.2) is 0 Å². The van der Waals surface area contributed by atoms with Gasteiger partial charge in [-0.25, -0.2) is 15.0 Å². The largest absolute Gasteiger partial charge is 0.373 e. The molecule has 0 aliphatic rings. The number of carbonyl (C=O) groups excluding carboxylic acids is 1. The highest BCUT2D eigenvalue weighted by molar-refractivity contribution is 6.33. The molecule has 2 N–H and O–H groups in total. The molecule has 0 aromatic carbocycles. The number of aromatic nitrogens is 3. The zero-order valence-electron chi connectivity index (χ0n) is 11.1. The van der Waals surface area contributed by atoms with E-state index in [1.54, 1.807) is 38.4 Å². The summed E-state index contributed by atoms with van der Waals surface area (Å²) in [5, 5.41) is 5.90. The molecule has 0 aliphatic carbocycles. The van der Waals surface area contributed by atoms with Gasteiger partial charge in [0.05, 0.1) is 17.3 Å². The maximum atomic E-state index is 12.1. The molecule has 104 valence electrons. The van der Waals surface area contributed by atoms with Crippen molar-refractivity contribution in [3.8, 4) is 0 Å². The minimum atomic E-state index is -0.344. The molecular weight excluding hydrogens is 278 g/mol. The Morgan fingerprint density at radius 3 is 2.80 bits per heavy atom. The summed E-state index contributed by atoms with van der Waals surface area (Å²) >= 11 is 5.98. The molecule has 6 nitrogen and oxygen atoms in total. The highest BCUT2D eigenvalue weighted by Gasteiger charge is 2.13. The minimum absolute atomic E-state index is 0.185. The molecule has 0 aliphatic heterocycles. The summed E-state index contributed by atoms with van der Waals surface area (Å²) in [5.41, 5.74) is 0.913. The standard InChI is InChI=1S/C13H14ClN5O/c1-8-16-6-5-9(18-8)7-17-13(20)12-10(14)3-4-11(15-2)19-12/h3-6H,7H2,1-2H3,(H,15,19)(H,17,20). The first-order valence-corrected chi connectivity index (χ1v) is 6.39. The van der Waals surface area contributed by atoms with E-state index in [4.69, 9.17) is 11.6 Å². The van der Waals surface area contributed by atoms with E-state index in [0.29, 0.717) is 23.2 Å². The van der Waals surface area contributed by atoms with Gasteiger partial charge in [-0.1, -0.05) is 11.6 Å². The van der Waals surface area contributed by atoms with Crippen LogP contribution in [-0.4, -0.2) is 27.9 Å². The highest BCUT2D eigenvalue weighted by atomic mass is 35.5. The SMILES string of the molecule is CNc1ccc(Cl)c(C(=O)NCc2ccnc(C)n2)n1. The Kier molecular flexibility index (Phi) is 4.47. The van der Waals surface area contributed by atoms with Crippen molar-refractivity contribution in [2.24, 2.45) is 0 Å². The van der Waals surface area contributed by atoms with Gasteiger partial charge in [-0.3, -0.25) is 4.79 Å². The van der Waals surface area contributed by atoms with Gasteiger partial charge < -0.3 is 10.6 Å². The zero-order valence-corrected chi connectivity index (χ0v) is 11.9. The Bertz CT molecular complexity index is 632. The first kappa shape index (κ1) is 14.2. The second kappa shape index (κ2) is 6.29. The third-order valence-corrected chi connectivity index (χ3v) is 2.89. The quantitative estimate of drug-likeness (QED) is 0.898. The molecule has 0 unspecified atom stereocenters. The molecule has 2 aromatic rings. The van der Waals surface area contributed by atoms with Crippen molar-refractivity contribution in [1.82, 2.24) is 20.3 Å². The molecule has 0 atom stereocenters. The van der Waals surface area contributed by atoms with Crippen molar-refractivity contribution in [2.75, 3.05) is 12.4 Å². The van der Waals surface area contributed by atoms with Gasteiger partial charge in [0.2, 0.25) is 0 Å². The Morgan fingerprint density at radius 2 is 2.10 bits per heavy atom. The molecule has 1 amide bonds. The van der Waals surface area contributed by atoms with E-state index < -0.39 is 0 Å². The molecule has 20 heavy (non-hydrogen) atoms. The van der Waals surface area contributed by atoms with E-state index in [-0.39, 0.29) is 11.6 Å². The minimum Gasteiger partial charge on any atom is -0.373 e. The van der Waals surface area contributed by atoms with E-state index >= 15 is 0 Å². The van der Waals surface area contributed by atoms with Gasteiger partial charge in [0.1, 0.15) is 17.3 Å². The van der Waals surface area contributed by atoms with Crippen LogP contribution in [0.3, 0.4) is 0 Å². The van der Waals surface area contributed by atoms with Gasteiger partial charge >= 0.3 is 0 Å². The molecule has 0 saturated heterocycles. The fourth-order valence-corrected chi connectivity index (χ4v) is 1.79. The Morgan fingerprint density at radius 1 is 1.30 bits per heavy atom. The molecule has 2 heterocycles. The molecule has 7 heteroatoms. The van der Waals surface area contributed by atoms with Crippen LogP contribution in [0.15, 0.2) is 24.4 Å². The lowest BCUT2D eigenvalue weighted by atomic mass is 10.3. The first-order chi connectivity index (χ1) is 9.60. The number of carbonyl (C=O) groups is 1. The molecule has 0 spiro atoms. The van der Waals surface area contributed by atoms with Crippen molar-refractivity contribution in [2.45, 2.75) is 13.5 Å². The molecular formula is C13H14ClN5O. The Hall–Kier alpha value is -2.21. The summed E-state index contributed by atoms with van der Waals surface area (Å²) in [5.74, 6) is 0.894. The van der Waals surface area contributed by atoms with E-state index in [2.05, 4.69) is 25.6 Å². The van der Waals surface area contributed by atoms with E-state index in [9.17, 15) is 4.79 Å². The van der Waals surface area contributed by atoms with E-state index in [1.165, 1.54) is 0 Å². The van der Waals surface area contributed by atoms with Crippen LogP contribution in [0.1, 0.15) is 22.0 Å². The fourth-order valence-electron chi connectivity index (χ4n) is 1.60. The maximum Gasteiger partial charge on any atom is 0.271 e. The number of amides is 1. The van der Waals surface area contributed by atoms with Crippen LogP contribution >= 0.6 is 11.6 Å². The summed E-state index contributed by atoms with van der Waals surface area (Å²) in [6.45, 7) is 2.09. The molecule has 0 radical (unpaired) electrons. The van der Waals surface area contributed by atoms with Crippen LogP contribution in [-0.2, 0) is 6.54 Å². The third kappa shape index (κ3) is 3.42. The normalized spacial score (nSPS) is 10.2. The predicted octanol–water partition coefficient (Wildman–Crippen LogP) is 1.81. The number of hydrogen-bond donors (Lipinski definition) is 2. The maximum absolute atomic E-state index is 12.1. The number of nitrogens with one attached hydrogen (secondary N) is 2. The molecule has 2 aromatic heterocycles. The number of anilines is 1. The smallest absolute Gasteiger partial charge is 0.271 e. The lowest BCUT2D eigenvalue weighted by molar-refractivity contribution is 0.0945. The van der Waals surface area contributed by atoms with Crippen LogP contribution in [0.2, 0.25) is 5.02 Å². The second-order valence-electron chi connectivity index (χ2n) is 4.05. The van der Waals surface area contributed by atoms with Crippen molar-refractivity contribution >= 4 is 23.3 Å². The van der Waals surface area contributed by atoms with Crippen molar-refractivity contribution in [3.63, 3.8) is 0 Å². The van der Waals surface area contributed by atoms with Crippen molar-refractivity contribution < 1.29 is 4.79 Å². The number of hydrogen-bond acceptors (Lipinski definition) is 5. The van der Waals surface area contributed by atoms with Crippen LogP contribution < -0.4 is 10.6 Å². The van der Waals surface area contributed by atoms with Crippen LogP contribution in [0.4, 0.5) is 5.82 Å². The molecule has 0 saturated carbocycles. The number of halogens is 1. The summed E-state index contributed by atoms with van der Waals surface area (Å²) < 4.78 is 0. The summed E-state index contributed by atoms with van der Waals surface area (Å²) in [6, 6.07) is 5.07. The monoisotopic (exact) mass is 291 g/mol. The topological polar surface area (TPSA) is 79.8 Å². The number of aryl methyl sites for hydroxylation is 1. The number of pyridine rings is 1. The van der Waals surface area contributed by atoms with E-state index in [0.717, 1.165) is 5.69 Å². The predicted molar refractivity (Wildman–Crippen MR) is 76.7 cm³/mol. The van der Waals surface area contributed by atoms with E-state index in [1.807, 2.05) is 0 Å². The van der Waals surface area contributed by atoms with Gasteiger partial charge in [-0.2, -0.15) is 0 Å². The summed E-state index contributed by atoms with van der Waals surface area (Å²) in [6.07, 6.45) is 1.65. The molecule has 0 fully saturated rings. The van der Waals surface area contributed by atoms with Crippen LogP contribution in [0.5, 0.6) is 0 Å². The van der Waals surface area contributed by atoms with Crippen LogP contribution in [0.25, 0.3) is 0 Å². The van der Waals surface area contributed by atoms with Gasteiger partial charge in [0.25, 0.3) is 5.91 Å². The number of nitrogens with zero attached hydrogens (tertiary/aromatic N) is 3. The van der Waals surface area contributed by atoms with Gasteiger partial charge in [-0.05, 0) is 25.1 Å². The Labute approximate surface area is 121 Å². The highest BCUT2D eigenvalue weighted by Crippen LogP contribution is 2.16. The summed E-state index contributed by atoms with van der Waals surface area (Å²) in [7, 11) is 1.72. The average Bonchev–Trinajstić information content (AvgIpc) is 2.45. The number of rotatable bonds is 4. The molecule has 0 bridgehead atoms. The Balaban J connectivity index is 2.08. The van der Waals surface area contributed by atoms with Crippen LogP contribution in [0, 0.1) is 6.92 Å². The summed E-state index contributed by atoms with van der Waals surface area (Å²) in [4.78, 5) is 24.4. The first-order valence-electron chi connectivity index (χ1n) is 6.01.